The number of aryl methyl sites for hydroxylation is 2. The molecule has 0 unspecified atom stereocenters. The fourth-order valence-electron chi connectivity index (χ4n) is 1.44. The van der Waals surface area contributed by atoms with Crippen LogP contribution in [-0.4, -0.2) is 15.0 Å². The standard InChI is InChI=1S/C12H13BrN4/c1-8-3-5-15-12(11(8)13)16-7-10-4-6-14-9(2)17-10/h3-6H,7H2,1-2H3,(H,15,16). The SMILES string of the molecule is Cc1nccc(CNc2nccc(C)c2Br)n1. The Kier molecular flexibility index (Phi) is 3.68. The average Bonchev–Trinajstić information content (AvgIpc) is 2.31. The van der Waals surface area contributed by atoms with Crippen molar-refractivity contribution in [2.24, 2.45) is 0 Å². The number of aromatic nitrogens is 3. The van der Waals surface area contributed by atoms with E-state index in [9.17, 15) is 0 Å². The van der Waals surface area contributed by atoms with Crippen molar-refractivity contribution >= 4 is 21.7 Å². The van der Waals surface area contributed by atoms with E-state index < -0.39 is 0 Å². The zero-order chi connectivity index (χ0) is 12.3. The molecule has 0 amide bonds. The summed E-state index contributed by atoms with van der Waals surface area (Å²) in [4.78, 5) is 12.7. The molecule has 2 rings (SSSR count). The maximum absolute atomic E-state index is 4.32. The number of rotatable bonds is 3. The molecule has 0 fully saturated rings. The monoisotopic (exact) mass is 292 g/mol. The third kappa shape index (κ3) is 3.00. The molecule has 5 heteroatoms. The first-order chi connectivity index (χ1) is 8.16. The molecule has 0 spiro atoms. The molecule has 0 bridgehead atoms. The number of nitrogens with one attached hydrogen (secondary N) is 1. The van der Waals surface area contributed by atoms with E-state index >= 15 is 0 Å². The molecular weight excluding hydrogens is 280 g/mol. The van der Waals surface area contributed by atoms with Gasteiger partial charge in [0.1, 0.15) is 11.6 Å². The summed E-state index contributed by atoms with van der Waals surface area (Å²) in [6.07, 6.45) is 3.55. The van der Waals surface area contributed by atoms with Crippen LogP contribution in [0, 0.1) is 13.8 Å². The molecule has 0 aliphatic heterocycles. The van der Waals surface area contributed by atoms with Crippen LogP contribution in [0.4, 0.5) is 5.82 Å². The summed E-state index contributed by atoms with van der Waals surface area (Å²) in [6, 6.07) is 3.85. The van der Waals surface area contributed by atoms with Crippen molar-refractivity contribution in [1.82, 2.24) is 15.0 Å². The van der Waals surface area contributed by atoms with Crippen LogP contribution >= 0.6 is 15.9 Å². The van der Waals surface area contributed by atoms with E-state index in [2.05, 4.69) is 36.2 Å². The molecule has 88 valence electrons. The Morgan fingerprint density at radius 2 is 1.94 bits per heavy atom. The lowest BCUT2D eigenvalue weighted by molar-refractivity contribution is 0.948. The van der Waals surface area contributed by atoms with E-state index in [1.54, 1.807) is 12.4 Å². The van der Waals surface area contributed by atoms with Crippen molar-refractivity contribution < 1.29 is 0 Å². The molecule has 0 aromatic carbocycles. The molecule has 2 heterocycles. The lowest BCUT2D eigenvalue weighted by Gasteiger charge is -2.08. The minimum absolute atomic E-state index is 0.637. The fourth-order valence-corrected chi connectivity index (χ4v) is 1.82. The second-order valence-corrected chi connectivity index (χ2v) is 4.53. The van der Waals surface area contributed by atoms with Gasteiger partial charge in [-0.1, -0.05) is 0 Å². The highest BCUT2D eigenvalue weighted by Gasteiger charge is 2.03. The van der Waals surface area contributed by atoms with Gasteiger partial charge in [0.2, 0.25) is 0 Å². The van der Waals surface area contributed by atoms with Crippen LogP contribution in [0.15, 0.2) is 29.0 Å². The molecule has 2 aromatic heterocycles. The highest BCUT2D eigenvalue weighted by atomic mass is 79.9. The summed E-state index contributed by atoms with van der Waals surface area (Å²) in [5.74, 6) is 1.61. The van der Waals surface area contributed by atoms with E-state index in [0.29, 0.717) is 6.54 Å². The van der Waals surface area contributed by atoms with Crippen LogP contribution in [0.2, 0.25) is 0 Å². The van der Waals surface area contributed by atoms with Crippen molar-refractivity contribution in [2.75, 3.05) is 5.32 Å². The number of anilines is 1. The van der Waals surface area contributed by atoms with Crippen molar-refractivity contribution in [3.8, 4) is 0 Å². The van der Waals surface area contributed by atoms with E-state index in [4.69, 9.17) is 0 Å². The Labute approximate surface area is 109 Å². The first-order valence-electron chi connectivity index (χ1n) is 5.30. The zero-order valence-electron chi connectivity index (χ0n) is 9.74. The molecular formula is C12H13BrN4. The predicted octanol–water partition coefficient (Wildman–Crippen LogP) is 2.86. The highest BCUT2D eigenvalue weighted by Crippen LogP contribution is 2.23. The highest BCUT2D eigenvalue weighted by molar-refractivity contribution is 9.10. The summed E-state index contributed by atoms with van der Waals surface area (Å²) >= 11 is 3.51. The molecule has 0 aliphatic carbocycles. The van der Waals surface area contributed by atoms with Gasteiger partial charge in [0.05, 0.1) is 16.7 Å². The number of pyridine rings is 1. The van der Waals surface area contributed by atoms with E-state index in [1.165, 1.54) is 0 Å². The third-order valence-corrected chi connectivity index (χ3v) is 3.35. The quantitative estimate of drug-likeness (QED) is 0.945. The normalized spacial score (nSPS) is 10.3. The van der Waals surface area contributed by atoms with Crippen molar-refractivity contribution in [3.05, 3.63) is 46.1 Å². The van der Waals surface area contributed by atoms with Crippen LogP contribution in [0.5, 0.6) is 0 Å². The van der Waals surface area contributed by atoms with Gasteiger partial charge in [0.25, 0.3) is 0 Å². The summed E-state index contributed by atoms with van der Waals surface area (Å²) < 4.78 is 0.991. The number of halogens is 1. The summed E-state index contributed by atoms with van der Waals surface area (Å²) in [6.45, 7) is 4.55. The molecule has 17 heavy (non-hydrogen) atoms. The van der Waals surface area contributed by atoms with Gasteiger partial charge in [-0.15, -0.1) is 0 Å². The van der Waals surface area contributed by atoms with Gasteiger partial charge in [0.15, 0.2) is 0 Å². The molecule has 4 nitrogen and oxygen atoms in total. The van der Waals surface area contributed by atoms with Gasteiger partial charge in [-0.25, -0.2) is 15.0 Å². The predicted molar refractivity (Wildman–Crippen MR) is 70.8 cm³/mol. The van der Waals surface area contributed by atoms with Crippen LogP contribution in [0.25, 0.3) is 0 Å². The van der Waals surface area contributed by atoms with Crippen LogP contribution in [0.3, 0.4) is 0 Å². The molecule has 1 N–H and O–H groups in total. The van der Waals surface area contributed by atoms with Gasteiger partial charge >= 0.3 is 0 Å². The van der Waals surface area contributed by atoms with Gasteiger partial charge < -0.3 is 5.32 Å². The first kappa shape index (κ1) is 12.0. The lowest BCUT2D eigenvalue weighted by atomic mass is 10.3. The van der Waals surface area contributed by atoms with Gasteiger partial charge in [-0.05, 0) is 47.5 Å². The summed E-state index contributed by atoms with van der Waals surface area (Å²) in [5, 5.41) is 3.25. The summed E-state index contributed by atoms with van der Waals surface area (Å²) in [7, 11) is 0. The smallest absolute Gasteiger partial charge is 0.140 e. The van der Waals surface area contributed by atoms with Crippen molar-refractivity contribution in [1.29, 1.82) is 0 Å². The largest absolute Gasteiger partial charge is 0.363 e. The van der Waals surface area contributed by atoms with Crippen molar-refractivity contribution in [3.63, 3.8) is 0 Å². The number of hydrogen-bond donors (Lipinski definition) is 1. The molecule has 0 atom stereocenters. The number of nitrogens with zero attached hydrogens (tertiary/aromatic N) is 3. The molecule has 0 saturated heterocycles. The van der Waals surface area contributed by atoms with Crippen molar-refractivity contribution in [2.45, 2.75) is 20.4 Å². The van der Waals surface area contributed by atoms with E-state index in [0.717, 1.165) is 27.4 Å². The Hall–Kier alpha value is -1.49. The second-order valence-electron chi connectivity index (χ2n) is 3.74. The lowest BCUT2D eigenvalue weighted by Crippen LogP contribution is -2.05. The Morgan fingerprint density at radius 3 is 2.71 bits per heavy atom. The van der Waals surface area contributed by atoms with Crippen LogP contribution < -0.4 is 5.32 Å². The second kappa shape index (κ2) is 5.23. The van der Waals surface area contributed by atoms with E-state index in [1.807, 2.05) is 26.0 Å². The maximum Gasteiger partial charge on any atom is 0.140 e. The van der Waals surface area contributed by atoms with E-state index in [-0.39, 0.29) is 0 Å². The Bertz CT molecular complexity index is 528. The zero-order valence-corrected chi connectivity index (χ0v) is 11.3. The minimum atomic E-state index is 0.637. The Morgan fingerprint density at radius 1 is 1.18 bits per heavy atom. The Balaban J connectivity index is 2.10. The first-order valence-corrected chi connectivity index (χ1v) is 6.09. The molecule has 0 radical (unpaired) electrons. The minimum Gasteiger partial charge on any atom is -0.363 e. The summed E-state index contributed by atoms with van der Waals surface area (Å²) in [5.41, 5.74) is 2.11. The van der Waals surface area contributed by atoms with Crippen LogP contribution in [-0.2, 0) is 6.54 Å². The molecule has 0 aliphatic rings. The van der Waals surface area contributed by atoms with Gasteiger partial charge in [0, 0.05) is 12.4 Å². The average molecular weight is 293 g/mol. The molecule has 0 saturated carbocycles. The number of hydrogen-bond acceptors (Lipinski definition) is 4. The maximum atomic E-state index is 4.32. The van der Waals surface area contributed by atoms with Gasteiger partial charge in [-0.2, -0.15) is 0 Å². The van der Waals surface area contributed by atoms with Crippen LogP contribution in [0.1, 0.15) is 17.1 Å². The van der Waals surface area contributed by atoms with Gasteiger partial charge in [-0.3, -0.25) is 0 Å². The third-order valence-electron chi connectivity index (χ3n) is 2.35. The topological polar surface area (TPSA) is 50.7 Å². The molecule has 2 aromatic rings. The fraction of sp³-hybridized carbons (Fsp3) is 0.250.